The van der Waals surface area contributed by atoms with E-state index < -0.39 is 0 Å². The van der Waals surface area contributed by atoms with Crippen LogP contribution in [0.3, 0.4) is 0 Å². The monoisotopic (exact) mass is 608 g/mol. The Kier molecular flexibility index (Phi) is 9.82. The second-order valence-electron chi connectivity index (χ2n) is 7.63. The zero-order valence-corrected chi connectivity index (χ0v) is 23.7. The quantitative estimate of drug-likeness (QED) is 0.180. The Morgan fingerprint density at radius 2 is 1.07 bits per heavy atom. The van der Waals surface area contributed by atoms with Crippen molar-refractivity contribution in [1.29, 1.82) is 0 Å². The van der Waals surface area contributed by atoms with Crippen LogP contribution in [0, 0.1) is 27.7 Å². The topological polar surface area (TPSA) is 0 Å². The minimum atomic E-state index is -0.294. The molecule has 0 aliphatic rings. The zero-order chi connectivity index (χ0) is 18.4. The van der Waals surface area contributed by atoms with Gasteiger partial charge in [-0.2, -0.15) is 12.1 Å². The molecule has 0 bridgehead atoms. The minimum Gasteiger partial charge on any atom is -1.00 e. The van der Waals surface area contributed by atoms with Crippen molar-refractivity contribution >= 4 is 40.1 Å². The third-order valence-electron chi connectivity index (χ3n) is 5.69. The number of fused-ring (bicyclic) bond motifs is 2. The number of aryl methyl sites for hydroxylation is 4. The Balaban J connectivity index is 0.00000140. The number of hydrogen-bond acceptors (Lipinski definition) is 0. The molecule has 0 aliphatic carbocycles. The molecule has 0 radical (unpaired) electrons. The average Bonchev–Trinajstić information content (AvgIpc) is 3.25. The summed E-state index contributed by atoms with van der Waals surface area (Å²) in [7, 11) is -0.294. The summed E-state index contributed by atoms with van der Waals surface area (Å²) in [6.45, 7) is 11.2. The van der Waals surface area contributed by atoms with E-state index >= 15 is 0 Å². The molecule has 4 heteroatoms. The maximum Gasteiger partial charge on any atom is 4.00 e. The van der Waals surface area contributed by atoms with Crippen LogP contribution >= 0.6 is 7.92 Å². The maximum absolute atomic E-state index is 2.47. The Bertz CT molecular complexity index is 943. The molecular weight excluding hydrogens is 581 g/mol. The van der Waals surface area contributed by atoms with Gasteiger partial charge in [-0.3, -0.25) is 0 Å². The molecule has 29 heavy (non-hydrogen) atoms. The molecule has 0 nitrogen and oxygen atoms in total. The van der Waals surface area contributed by atoms with Crippen molar-refractivity contribution in [3.8, 4) is 0 Å². The normalized spacial score (nSPS) is 10.7. The van der Waals surface area contributed by atoms with Crippen molar-refractivity contribution in [3.05, 3.63) is 70.8 Å². The molecule has 0 saturated carbocycles. The fraction of sp³-hybridized carbons (Fsp3) is 0.280. The van der Waals surface area contributed by atoms with E-state index in [1.165, 1.54) is 56.4 Å². The van der Waals surface area contributed by atoms with Crippen molar-refractivity contribution < 1.29 is 50.7 Å². The molecule has 4 rings (SSSR count). The summed E-state index contributed by atoms with van der Waals surface area (Å²) in [4.78, 5) is 0. The molecule has 0 atom stereocenters. The molecule has 0 aromatic heterocycles. The van der Waals surface area contributed by atoms with Crippen LogP contribution in [0.5, 0.6) is 0 Å². The van der Waals surface area contributed by atoms with E-state index in [9.17, 15) is 0 Å². The smallest absolute Gasteiger partial charge is 1.00 e. The molecular formula is C25H27Cl2HfP. The summed E-state index contributed by atoms with van der Waals surface area (Å²) in [5, 5.41) is 8.83. The van der Waals surface area contributed by atoms with E-state index in [4.69, 9.17) is 0 Å². The van der Waals surface area contributed by atoms with Crippen LogP contribution in [0.2, 0.25) is 0 Å². The van der Waals surface area contributed by atoms with Gasteiger partial charge in [-0.25, -0.2) is 0 Å². The van der Waals surface area contributed by atoms with Crippen LogP contribution in [-0.2, 0) is 25.8 Å². The Morgan fingerprint density at radius 3 is 1.41 bits per heavy atom. The van der Waals surface area contributed by atoms with Crippen molar-refractivity contribution in [2.24, 2.45) is 0 Å². The summed E-state index contributed by atoms with van der Waals surface area (Å²) >= 11 is 0. The fourth-order valence-corrected chi connectivity index (χ4v) is 6.49. The standard InChI is InChI=1S/C25H27P.2ClH.Hf/c1-6-11-26(20-12-22-16(2)7-8-17(3)23(22)13-20)21-14-24-18(4)9-10-19(5)25(24)15-21;;;/h7-10,12-15H,6,11H2,1-5H3;2*1H;/q-2;;;+4/p-2. The van der Waals surface area contributed by atoms with Gasteiger partial charge >= 0.3 is 25.8 Å². The van der Waals surface area contributed by atoms with E-state index in [0.717, 1.165) is 0 Å². The first-order valence-electron chi connectivity index (χ1n) is 9.60. The van der Waals surface area contributed by atoms with Gasteiger partial charge in [0.25, 0.3) is 0 Å². The molecule has 0 N–H and O–H groups in total. The first-order chi connectivity index (χ1) is 12.5. The van der Waals surface area contributed by atoms with E-state index in [2.05, 4.69) is 83.1 Å². The molecule has 0 unspecified atom stereocenters. The maximum atomic E-state index is 2.47. The zero-order valence-electron chi connectivity index (χ0n) is 17.7. The van der Waals surface area contributed by atoms with Gasteiger partial charge in [0.15, 0.2) is 0 Å². The molecule has 0 aliphatic heterocycles. The van der Waals surface area contributed by atoms with Crippen molar-refractivity contribution in [1.82, 2.24) is 0 Å². The summed E-state index contributed by atoms with van der Waals surface area (Å²) in [6.07, 6.45) is 2.49. The van der Waals surface area contributed by atoms with Crippen LogP contribution in [-0.4, -0.2) is 6.16 Å². The summed E-state index contributed by atoms with van der Waals surface area (Å²) in [6, 6.07) is 18.9. The molecule has 0 fully saturated rings. The van der Waals surface area contributed by atoms with Gasteiger partial charge < -0.3 is 24.8 Å². The van der Waals surface area contributed by atoms with Gasteiger partial charge in [0.05, 0.1) is 0 Å². The van der Waals surface area contributed by atoms with Crippen LogP contribution in [0.4, 0.5) is 0 Å². The Labute approximate surface area is 207 Å². The predicted molar refractivity (Wildman–Crippen MR) is 119 cm³/mol. The minimum absolute atomic E-state index is 0. The molecule has 4 aromatic rings. The molecule has 0 amide bonds. The fourth-order valence-electron chi connectivity index (χ4n) is 4.09. The predicted octanol–water partition coefficient (Wildman–Crippen LogP) is 0.513. The largest absolute Gasteiger partial charge is 4.00 e. The Morgan fingerprint density at radius 1 is 0.690 bits per heavy atom. The third kappa shape index (κ3) is 4.90. The van der Waals surface area contributed by atoms with E-state index in [0.29, 0.717) is 0 Å². The Hall–Kier alpha value is -0.460. The molecule has 0 saturated heterocycles. The molecule has 0 spiro atoms. The van der Waals surface area contributed by atoms with Gasteiger partial charge in [0.2, 0.25) is 0 Å². The van der Waals surface area contributed by atoms with Gasteiger partial charge in [0.1, 0.15) is 0 Å². The van der Waals surface area contributed by atoms with Gasteiger partial charge in [-0.05, 0) is 20.0 Å². The number of halogens is 2. The SMILES string of the molecule is CCCP(c1cc2c(C)ccc(C)c2[cH-]1)c1cc2c(C)ccc(C)c2[cH-]1.[Cl-].[Cl-].[Hf+4]. The molecule has 150 valence electrons. The second-order valence-corrected chi connectivity index (χ2v) is 9.97. The summed E-state index contributed by atoms with van der Waals surface area (Å²) in [5.41, 5.74) is 5.57. The first-order valence-corrected chi connectivity index (χ1v) is 11.1. The second kappa shape index (κ2) is 10.7. The van der Waals surface area contributed by atoms with E-state index in [1.807, 2.05) is 0 Å². The summed E-state index contributed by atoms with van der Waals surface area (Å²) < 4.78 is 0. The molecule has 4 aromatic carbocycles. The first kappa shape index (κ1) is 26.6. The van der Waals surface area contributed by atoms with E-state index in [1.54, 1.807) is 10.6 Å². The third-order valence-corrected chi connectivity index (χ3v) is 8.34. The van der Waals surface area contributed by atoms with Crippen LogP contribution < -0.4 is 35.4 Å². The van der Waals surface area contributed by atoms with Crippen molar-refractivity contribution in [3.63, 3.8) is 0 Å². The molecule has 0 heterocycles. The number of benzene rings is 2. The number of hydrogen-bond donors (Lipinski definition) is 0. The van der Waals surface area contributed by atoms with Gasteiger partial charge in [-0.1, -0.05) is 58.4 Å². The van der Waals surface area contributed by atoms with Crippen LogP contribution in [0.25, 0.3) is 21.5 Å². The number of rotatable bonds is 4. The van der Waals surface area contributed by atoms with E-state index in [-0.39, 0.29) is 58.6 Å². The summed E-state index contributed by atoms with van der Waals surface area (Å²) in [5.74, 6) is 0. The van der Waals surface area contributed by atoms with Crippen molar-refractivity contribution in [2.45, 2.75) is 41.0 Å². The van der Waals surface area contributed by atoms with Crippen LogP contribution in [0.1, 0.15) is 35.6 Å². The average molecular weight is 608 g/mol. The van der Waals surface area contributed by atoms with Gasteiger partial charge in [-0.15, -0.1) is 67.5 Å². The van der Waals surface area contributed by atoms with Crippen LogP contribution in [0.15, 0.2) is 48.5 Å². The van der Waals surface area contributed by atoms with Gasteiger partial charge in [0, 0.05) is 0 Å². The van der Waals surface area contributed by atoms with Crippen molar-refractivity contribution in [2.75, 3.05) is 6.16 Å².